The molecule has 3 aromatic rings. The van der Waals surface area contributed by atoms with Crippen LogP contribution in [-0.2, 0) is 22.7 Å². The lowest BCUT2D eigenvalue weighted by molar-refractivity contribution is -0.142. The topological polar surface area (TPSA) is 84.4 Å². The summed E-state index contributed by atoms with van der Waals surface area (Å²) in [5.41, 5.74) is 2.60. The van der Waals surface area contributed by atoms with Crippen molar-refractivity contribution >= 4 is 46.8 Å². The quantitative estimate of drug-likeness (QED) is 0.319. The van der Waals surface area contributed by atoms with E-state index < -0.39 is 11.4 Å². The first-order valence-corrected chi connectivity index (χ1v) is 15.2. The van der Waals surface area contributed by atoms with E-state index in [4.69, 9.17) is 23.2 Å². The Morgan fingerprint density at radius 3 is 2.21 bits per heavy atom. The van der Waals surface area contributed by atoms with Gasteiger partial charge in [0.15, 0.2) is 0 Å². The van der Waals surface area contributed by atoms with Crippen LogP contribution in [0, 0.1) is 12.3 Å². The summed E-state index contributed by atoms with van der Waals surface area (Å²) in [5, 5.41) is 10.9. The highest BCUT2D eigenvalue weighted by Gasteiger charge is 2.47. The molecule has 0 aromatic heterocycles. The van der Waals surface area contributed by atoms with Crippen LogP contribution in [0.3, 0.4) is 0 Å². The zero-order valence-electron chi connectivity index (χ0n) is 24.2. The summed E-state index contributed by atoms with van der Waals surface area (Å²) in [4.78, 5) is 47.3. The van der Waals surface area contributed by atoms with E-state index in [1.165, 1.54) is 5.56 Å². The first-order valence-electron chi connectivity index (χ1n) is 14.4. The van der Waals surface area contributed by atoms with Crippen molar-refractivity contribution < 1.29 is 19.5 Å². The van der Waals surface area contributed by atoms with Gasteiger partial charge < -0.3 is 14.9 Å². The number of carboxylic acids is 1. The molecule has 3 amide bonds. The maximum Gasteiger partial charge on any atom is 0.324 e. The third-order valence-electron chi connectivity index (χ3n) is 8.27. The van der Waals surface area contributed by atoms with Gasteiger partial charge in [-0.25, -0.2) is 4.79 Å². The molecule has 0 spiro atoms. The predicted molar refractivity (Wildman–Crippen MR) is 168 cm³/mol. The molecule has 5 rings (SSSR count). The Bertz CT molecular complexity index is 1460. The van der Waals surface area contributed by atoms with Crippen LogP contribution >= 0.6 is 23.2 Å². The van der Waals surface area contributed by atoms with Gasteiger partial charge in [-0.3, -0.25) is 19.4 Å². The van der Waals surface area contributed by atoms with E-state index in [1.807, 2.05) is 54.3 Å². The van der Waals surface area contributed by atoms with Crippen LogP contribution in [0.15, 0.2) is 72.8 Å². The molecule has 8 nitrogen and oxygen atoms in total. The van der Waals surface area contributed by atoms with Crippen molar-refractivity contribution in [2.24, 2.45) is 5.41 Å². The predicted octanol–water partition coefficient (Wildman–Crippen LogP) is 5.94. The minimum Gasteiger partial charge on any atom is -0.481 e. The number of carboxylic acid groups (broad SMARTS) is 1. The summed E-state index contributed by atoms with van der Waals surface area (Å²) in [5.74, 6) is -1.11. The molecule has 2 fully saturated rings. The van der Waals surface area contributed by atoms with Gasteiger partial charge >= 0.3 is 12.0 Å². The Hall–Kier alpha value is -3.59. The van der Waals surface area contributed by atoms with Crippen molar-refractivity contribution in [1.82, 2.24) is 14.7 Å². The van der Waals surface area contributed by atoms with Crippen molar-refractivity contribution in [3.05, 3.63) is 99.5 Å². The van der Waals surface area contributed by atoms with Crippen LogP contribution in [0.5, 0.6) is 0 Å². The number of anilines is 1. The van der Waals surface area contributed by atoms with E-state index in [0.717, 1.165) is 25.2 Å². The lowest BCUT2D eigenvalue weighted by Crippen LogP contribution is -2.60. The summed E-state index contributed by atoms with van der Waals surface area (Å²) in [6, 6.07) is 22.6. The number of hydrogen-bond acceptors (Lipinski definition) is 4. The second-order valence-corrected chi connectivity index (χ2v) is 12.5. The van der Waals surface area contributed by atoms with Crippen LogP contribution in [0.2, 0.25) is 10.0 Å². The van der Waals surface area contributed by atoms with Gasteiger partial charge in [-0.2, -0.15) is 0 Å². The van der Waals surface area contributed by atoms with Crippen LogP contribution in [-0.4, -0.2) is 77.0 Å². The highest BCUT2D eigenvalue weighted by Crippen LogP contribution is 2.38. The monoisotopic (exact) mass is 622 g/mol. The second-order valence-electron chi connectivity index (χ2n) is 11.7. The molecule has 2 saturated heterocycles. The molecule has 1 N–H and O–H groups in total. The number of benzene rings is 3. The van der Waals surface area contributed by atoms with E-state index in [1.54, 1.807) is 28.0 Å². The molecule has 0 aliphatic carbocycles. The summed E-state index contributed by atoms with van der Waals surface area (Å²) >= 11 is 12.6. The fourth-order valence-electron chi connectivity index (χ4n) is 6.04. The number of aryl methyl sites for hydroxylation is 1. The zero-order chi connectivity index (χ0) is 30.6. The van der Waals surface area contributed by atoms with Gasteiger partial charge in [0, 0.05) is 79.9 Å². The van der Waals surface area contributed by atoms with Crippen molar-refractivity contribution in [2.45, 2.75) is 32.9 Å². The number of carbonyl (C=O) groups is 3. The van der Waals surface area contributed by atoms with Crippen molar-refractivity contribution in [3.63, 3.8) is 0 Å². The number of carbonyl (C=O) groups excluding carboxylic acids is 2. The Morgan fingerprint density at radius 1 is 0.860 bits per heavy atom. The van der Waals surface area contributed by atoms with Gasteiger partial charge in [-0.05, 0) is 42.3 Å². The number of aliphatic carboxylic acids is 1. The first-order chi connectivity index (χ1) is 20.6. The third-order valence-corrected chi connectivity index (χ3v) is 8.86. The van der Waals surface area contributed by atoms with Gasteiger partial charge in [0.1, 0.15) is 0 Å². The molecule has 1 atom stereocenters. The number of urea groups is 1. The third kappa shape index (κ3) is 7.68. The molecule has 226 valence electrons. The van der Waals surface area contributed by atoms with E-state index >= 15 is 0 Å². The van der Waals surface area contributed by atoms with Crippen LogP contribution < -0.4 is 4.90 Å². The van der Waals surface area contributed by atoms with Gasteiger partial charge in [0.2, 0.25) is 5.91 Å². The summed E-state index contributed by atoms with van der Waals surface area (Å²) in [6.45, 7) is 5.78. The van der Waals surface area contributed by atoms with Crippen LogP contribution in [0.1, 0.15) is 29.5 Å². The Morgan fingerprint density at radius 2 is 1.56 bits per heavy atom. The molecule has 2 aliphatic rings. The summed E-state index contributed by atoms with van der Waals surface area (Å²) < 4.78 is 0. The zero-order valence-corrected chi connectivity index (χ0v) is 25.7. The Balaban J connectivity index is 1.38. The molecule has 0 saturated carbocycles. The minimum absolute atomic E-state index is 0.0124. The van der Waals surface area contributed by atoms with Crippen LogP contribution in [0.4, 0.5) is 10.5 Å². The lowest BCUT2D eigenvalue weighted by Gasteiger charge is -2.48. The first kappa shape index (κ1) is 30.9. The average Bonchev–Trinajstić information content (AvgIpc) is 2.97. The number of amides is 3. The van der Waals surface area contributed by atoms with E-state index in [-0.39, 0.29) is 44.4 Å². The number of halogens is 2. The smallest absolute Gasteiger partial charge is 0.324 e. The molecule has 0 bridgehead atoms. The Labute approximate surface area is 262 Å². The number of nitrogens with zero attached hydrogens (tertiary/aromatic N) is 4. The minimum atomic E-state index is -1.01. The maximum absolute atomic E-state index is 13.9. The Kier molecular flexibility index (Phi) is 9.59. The number of hydrogen-bond donors (Lipinski definition) is 1. The highest BCUT2D eigenvalue weighted by molar-refractivity contribution is 6.35. The van der Waals surface area contributed by atoms with E-state index in [0.29, 0.717) is 34.4 Å². The molecule has 43 heavy (non-hydrogen) atoms. The van der Waals surface area contributed by atoms with Crippen molar-refractivity contribution in [1.29, 1.82) is 0 Å². The molecular formula is C33H36Cl2N4O4. The fraction of sp³-hybridized carbons (Fsp3) is 0.364. The summed E-state index contributed by atoms with van der Waals surface area (Å²) in [7, 11) is 0. The number of piperazine rings is 1. The SMILES string of the molecule is Cc1ccc(N2CC(CC(=O)O)(CC(=O)N3CCN(Cc4ccccc4)CC3)CN(Cc3ccc(Cl)cc3Cl)C2=O)cc1. The number of rotatable bonds is 9. The van der Waals surface area contributed by atoms with Gasteiger partial charge in [0.05, 0.1) is 6.42 Å². The molecule has 2 heterocycles. The molecule has 0 radical (unpaired) electrons. The lowest BCUT2D eigenvalue weighted by atomic mass is 9.77. The average molecular weight is 624 g/mol. The van der Waals surface area contributed by atoms with Crippen molar-refractivity contribution in [3.8, 4) is 0 Å². The molecule has 1 unspecified atom stereocenters. The summed E-state index contributed by atoms with van der Waals surface area (Å²) in [6.07, 6.45) is -0.244. The molecular weight excluding hydrogens is 587 g/mol. The fourth-order valence-corrected chi connectivity index (χ4v) is 6.51. The van der Waals surface area contributed by atoms with Crippen LogP contribution in [0.25, 0.3) is 0 Å². The molecule has 3 aromatic carbocycles. The molecule has 2 aliphatic heterocycles. The second kappa shape index (κ2) is 13.4. The molecule has 10 heteroatoms. The maximum atomic E-state index is 13.9. The largest absolute Gasteiger partial charge is 0.481 e. The van der Waals surface area contributed by atoms with Gasteiger partial charge in [0.25, 0.3) is 0 Å². The van der Waals surface area contributed by atoms with E-state index in [2.05, 4.69) is 17.0 Å². The standard InChI is InChI=1S/C33H36Cl2N4O4/c1-24-7-11-28(12-8-24)39-23-33(19-31(41)42,22-38(32(39)43)21-26-9-10-27(34)17-29(26)35)18-30(40)37-15-13-36(14-16-37)20-25-5-3-2-4-6-25/h2-12,17H,13-16,18-23H2,1H3,(H,41,42). The highest BCUT2D eigenvalue weighted by atomic mass is 35.5. The van der Waals surface area contributed by atoms with Gasteiger partial charge in [-0.1, -0.05) is 77.3 Å². The van der Waals surface area contributed by atoms with E-state index in [9.17, 15) is 19.5 Å². The normalized spacial score (nSPS) is 19.5. The van der Waals surface area contributed by atoms with Crippen molar-refractivity contribution in [2.75, 3.05) is 44.2 Å². The van der Waals surface area contributed by atoms with Gasteiger partial charge in [-0.15, -0.1) is 0 Å².